The molecular formula is C16H16N4. The van der Waals surface area contributed by atoms with E-state index in [1.807, 2.05) is 18.3 Å². The second kappa shape index (κ2) is 5.65. The predicted octanol–water partition coefficient (Wildman–Crippen LogP) is 2.88. The van der Waals surface area contributed by atoms with Gasteiger partial charge in [0.2, 0.25) is 0 Å². The van der Waals surface area contributed by atoms with Crippen molar-refractivity contribution >= 4 is 0 Å². The van der Waals surface area contributed by atoms with E-state index < -0.39 is 0 Å². The lowest BCUT2D eigenvalue weighted by Crippen LogP contribution is -2.07. The molecule has 2 aromatic heterocycles. The van der Waals surface area contributed by atoms with Crippen molar-refractivity contribution in [2.75, 3.05) is 0 Å². The zero-order chi connectivity index (χ0) is 13.8. The van der Waals surface area contributed by atoms with Gasteiger partial charge in [-0.2, -0.15) is 10.2 Å². The summed E-state index contributed by atoms with van der Waals surface area (Å²) in [5.41, 5.74) is 4.60. The van der Waals surface area contributed by atoms with Gasteiger partial charge in [-0.3, -0.25) is 0 Å². The number of benzene rings is 1. The number of aromatic amines is 1. The summed E-state index contributed by atoms with van der Waals surface area (Å²) in [7, 11) is 0. The number of rotatable bonds is 4. The van der Waals surface area contributed by atoms with E-state index in [1.54, 1.807) is 12.5 Å². The Kier molecular flexibility index (Phi) is 3.54. The van der Waals surface area contributed by atoms with Gasteiger partial charge in [0.05, 0.1) is 12.0 Å². The third-order valence-electron chi connectivity index (χ3n) is 3.38. The van der Waals surface area contributed by atoms with E-state index in [0.717, 1.165) is 17.8 Å². The number of H-pyrrole nitrogens is 1. The Morgan fingerprint density at radius 2 is 2.15 bits per heavy atom. The second-order valence-corrected chi connectivity index (χ2v) is 4.89. The largest absolute Gasteiger partial charge is 0.348 e. The molecule has 20 heavy (non-hydrogen) atoms. The van der Waals surface area contributed by atoms with Crippen molar-refractivity contribution in [3.63, 3.8) is 0 Å². The molecule has 0 aliphatic heterocycles. The molecule has 0 saturated carbocycles. The summed E-state index contributed by atoms with van der Waals surface area (Å²) < 4.78 is 0. The van der Waals surface area contributed by atoms with Gasteiger partial charge in [-0.25, -0.2) is 4.98 Å². The van der Waals surface area contributed by atoms with E-state index in [2.05, 4.69) is 51.4 Å². The molecule has 0 bridgehead atoms. The Hall–Kier alpha value is -2.49. The van der Waals surface area contributed by atoms with Crippen LogP contribution >= 0.6 is 0 Å². The summed E-state index contributed by atoms with van der Waals surface area (Å²) in [6, 6.07) is 12.5. The minimum atomic E-state index is 0.217. The highest BCUT2D eigenvalue weighted by atomic mass is 15.1. The Bertz CT molecular complexity index is 662. The van der Waals surface area contributed by atoms with Crippen molar-refractivity contribution in [2.45, 2.75) is 19.3 Å². The van der Waals surface area contributed by atoms with E-state index in [1.165, 1.54) is 11.1 Å². The molecule has 2 heterocycles. The van der Waals surface area contributed by atoms with Crippen LogP contribution in [0.3, 0.4) is 0 Å². The van der Waals surface area contributed by atoms with Gasteiger partial charge in [-0.05, 0) is 24.6 Å². The molecule has 1 atom stereocenters. The molecule has 1 N–H and O–H groups in total. The lowest BCUT2D eigenvalue weighted by Gasteiger charge is -2.16. The number of hydrogen-bond donors (Lipinski definition) is 1. The molecule has 3 aromatic rings. The van der Waals surface area contributed by atoms with Gasteiger partial charge < -0.3 is 4.98 Å². The van der Waals surface area contributed by atoms with Crippen LogP contribution in [0.25, 0.3) is 0 Å². The smallest absolute Gasteiger partial charge is 0.0921 e. The van der Waals surface area contributed by atoms with Crippen LogP contribution in [0, 0.1) is 6.92 Å². The molecule has 0 spiro atoms. The first-order valence-electron chi connectivity index (χ1n) is 6.64. The van der Waals surface area contributed by atoms with E-state index in [4.69, 9.17) is 0 Å². The van der Waals surface area contributed by atoms with Gasteiger partial charge in [-0.15, -0.1) is 0 Å². The van der Waals surface area contributed by atoms with E-state index in [9.17, 15) is 0 Å². The summed E-state index contributed by atoms with van der Waals surface area (Å²) in [6.45, 7) is 2.11. The molecule has 4 heteroatoms. The summed E-state index contributed by atoms with van der Waals surface area (Å²) in [5.74, 6) is 0.217. The first kappa shape index (κ1) is 12.5. The number of hydrogen-bond acceptors (Lipinski definition) is 3. The lowest BCUT2D eigenvalue weighted by molar-refractivity contribution is 0.744. The number of aromatic nitrogens is 4. The Balaban J connectivity index is 1.97. The first-order valence-corrected chi connectivity index (χ1v) is 6.64. The molecule has 100 valence electrons. The maximum Gasteiger partial charge on any atom is 0.0921 e. The summed E-state index contributed by atoms with van der Waals surface area (Å²) in [4.78, 5) is 7.36. The minimum Gasteiger partial charge on any atom is -0.348 e. The average molecular weight is 264 g/mol. The summed E-state index contributed by atoms with van der Waals surface area (Å²) >= 11 is 0. The first-order chi connectivity index (χ1) is 9.83. The SMILES string of the molecule is Cc1cccc(C(Cc2cccnn2)c2cnc[nH]2)c1. The standard InChI is InChI=1S/C16H16N4/c1-12-4-2-5-13(8-12)15(16-10-17-11-18-16)9-14-6-3-7-19-20-14/h2-8,10-11,15H,9H2,1H3,(H,17,18). The Morgan fingerprint density at radius 1 is 1.20 bits per heavy atom. The van der Waals surface area contributed by atoms with Gasteiger partial charge in [0.1, 0.15) is 0 Å². The van der Waals surface area contributed by atoms with Crippen molar-refractivity contribution < 1.29 is 0 Å². The molecule has 1 unspecified atom stereocenters. The predicted molar refractivity (Wildman–Crippen MR) is 77.3 cm³/mol. The number of imidazole rings is 1. The van der Waals surface area contributed by atoms with Gasteiger partial charge in [-0.1, -0.05) is 29.8 Å². The normalized spacial score (nSPS) is 12.2. The fourth-order valence-electron chi connectivity index (χ4n) is 2.40. The van der Waals surface area contributed by atoms with Crippen LogP contribution in [0.15, 0.2) is 55.1 Å². The van der Waals surface area contributed by atoms with E-state index in [0.29, 0.717) is 0 Å². The van der Waals surface area contributed by atoms with Crippen LogP contribution in [-0.2, 0) is 6.42 Å². The number of aryl methyl sites for hydroxylation is 1. The summed E-state index contributed by atoms with van der Waals surface area (Å²) in [5, 5.41) is 8.15. The topological polar surface area (TPSA) is 54.5 Å². The quantitative estimate of drug-likeness (QED) is 0.788. The third kappa shape index (κ3) is 2.74. The van der Waals surface area contributed by atoms with Crippen LogP contribution < -0.4 is 0 Å². The molecule has 0 saturated heterocycles. The van der Waals surface area contributed by atoms with Crippen molar-refractivity contribution in [3.8, 4) is 0 Å². The Labute approximate surface area is 117 Å². The maximum atomic E-state index is 4.19. The highest BCUT2D eigenvalue weighted by Gasteiger charge is 2.17. The molecule has 0 aliphatic carbocycles. The highest BCUT2D eigenvalue weighted by Crippen LogP contribution is 2.26. The fourth-order valence-corrected chi connectivity index (χ4v) is 2.40. The fraction of sp³-hybridized carbons (Fsp3) is 0.188. The highest BCUT2D eigenvalue weighted by molar-refractivity contribution is 5.32. The van der Waals surface area contributed by atoms with Crippen molar-refractivity contribution in [1.82, 2.24) is 20.2 Å². The molecule has 0 aliphatic rings. The van der Waals surface area contributed by atoms with Crippen LogP contribution in [0.5, 0.6) is 0 Å². The molecule has 0 fully saturated rings. The molecule has 0 amide bonds. The van der Waals surface area contributed by atoms with Crippen LogP contribution in [0.2, 0.25) is 0 Å². The van der Waals surface area contributed by atoms with Crippen molar-refractivity contribution in [1.29, 1.82) is 0 Å². The van der Waals surface area contributed by atoms with E-state index >= 15 is 0 Å². The van der Waals surface area contributed by atoms with Crippen LogP contribution in [-0.4, -0.2) is 20.2 Å². The zero-order valence-electron chi connectivity index (χ0n) is 11.3. The number of nitrogens with one attached hydrogen (secondary N) is 1. The van der Waals surface area contributed by atoms with E-state index in [-0.39, 0.29) is 5.92 Å². The van der Waals surface area contributed by atoms with Gasteiger partial charge in [0, 0.05) is 30.4 Å². The maximum absolute atomic E-state index is 4.19. The van der Waals surface area contributed by atoms with Crippen molar-refractivity contribution in [3.05, 3.63) is 77.6 Å². The molecule has 1 aromatic carbocycles. The minimum absolute atomic E-state index is 0.217. The molecule has 4 nitrogen and oxygen atoms in total. The second-order valence-electron chi connectivity index (χ2n) is 4.89. The molecular weight excluding hydrogens is 248 g/mol. The third-order valence-corrected chi connectivity index (χ3v) is 3.38. The van der Waals surface area contributed by atoms with Crippen LogP contribution in [0.4, 0.5) is 0 Å². The van der Waals surface area contributed by atoms with Gasteiger partial charge in [0.15, 0.2) is 0 Å². The lowest BCUT2D eigenvalue weighted by atomic mass is 9.90. The summed E-state index contributed by atoms with van der Waals surface area (Å²) in [6.07, 6.45) is 6.10. The average Bonchev–Trinajstić information content (AvgIpc) is 3.00. The van der Waals surface area contributed by atoms with Gasteiger partial charge >= 0.3 is 0 Å². The zero-order valence-corrected chi connectivity index (χ0v) is 11.3. The Morgan fingerprint density at radius 3 is 2.85 bits per heavy atom. The molecule has 3 rings (SSSR count). The van der Waals surface area contributed by atoms with Crippen LogP contribution in [0.1, 0.15) is 28.4 Å². The monoisotopic (exact) mass is 264 g/mol. The molecule has 0 radical (unpaired) electrons. The van der Waals surface area contributed by atoms with Crippen molar-refractivity contribution in [2.24, 2.45) is 0 Å². The van der Waals surface area contributed by atoms with Gasteiger partial charge in [0.25, 0.3) is 0 Å². The number of nitrogens with zero attached hydrogens (tertiary/aromatic N) is 3.